The summed E-state index contributed by atoms with van der Waals surface area (Å²) >= 11 is 0. The molecular formula is C22H26FN3O3. The molecule has 1 aromatic carbocycles. The third-order valence-electron chi connectivity index (χ3n) is 5.97. The smallest absolute Gasteiger partial charge is 0.249 e. The second kappa shape index (κ2) is 8.97. The zero-order chi connectivity index (χ0) is 20.2. The first-order chi connectivity index (χ1) is 14.1. The predicted molar refractivity (Wildman–Crippen MR) is 104 cm³/mol. The lowest BCUT2D eigenvalue weighted by Crippen LogP contribution is -2.37. The fourth-order valence-corrected chi connectivity index (χ4v) is 4.49. The molecule has 2 fully saturated rings. The minimum absolute atomic E-state index is 0.0323. The molecule has 1 atom stereocenters. The highest BCUT2D eigenvalue weighted by atomic mass is 19.1. The van der Waals surface area contributed by atoms with Crippen LogP contribution in [-0.4, -0.2) is 32.7 Å². The molecule has 1 amide bonds. The van der Waals surface area contributed by atoms with Gasteiger partial charge in [-0.2, -0.15) is 0 Å². The maximum absolute atomic E-state index is 13.7. The van der Waals surface area contributed by atoms with Crippen LogP contribution in [0.2, 0.25) is 0 Å². The molecule has 0 unspecified atom stereocenters. The fraction of sp³-hybridized carbons (Fsp3) is 0.500. The monoisotopic (exact) mass is 399 g/mol. The number of carbonyl (C=O) groups excluding carboxylic acids is 1. The molecule has 0 radical (unpaired) electrons. The minimum atomic E-state index is -0.309. The van der Waals surface area contributed by atoms with Crippen molar-refractivity contribution in [2.75, 3.05) is 6.61 Å². The second-order valence-corrected chi connectivity index (χ2v) is 7.98. The third kappa shape index (κ3) is 4.62. The van der Waals surface area contributed by atoms with E-state index in [1.54, 1.807) is 24.7 Å². The van der Waals surface area contributed by atoms with Gasteiger partial charge in [0.2, 0.25) is 5.91 Å². The van der Waals surface area contributed by atoms with Crippen LogP contribution < -0.4 is 0 Å². The quantitative estimate of drug-likeness (QED) is 0.834. The van der Waals surface area contributed by atoms with Gasteiger partial charge in [0.1, 0.15) is 11.9 Å². The first kappa shape index (κ1) is 19.9. The van der Waals surface area contributed by atoms with Gasteiger partial charge in [-0.05, 0) is 61.3 Å². The maximum atomic E-state index is 13.7. The number of amides is 1. The van der Waals surface area contributed by atoms with Crippen LogP contribution in [0.1, 0.15) is 55.0 Å². The van der Waals surface area contributed by atoms with Crippen molar-refractivity contribution in [3.8, 4) is 0 Å². The van der Waals surface area contributed by atoms with E-state index in [4.69, 9.17) is 4.84 Å². The molecule has 1 aliphatic heterocycles. The van der Waals surface area contributed by atoms with E-state index in [2.05, 4.69) is 9.97 Å². The van der Waals surface area contributed by atoms with Gasteiger partial charge in [0.05, 0.1) is 25.1 Å². The van der Waals surface area contributed by atoms with E-state index in [0.29, 0.717) is 18.1 Å². The van der Waals surface area contributed by atoms with Crippen molar-refractivity contribution < 1.29 is 19.1 Å². The fourth-order valence-electron chi connectivity index (χ4n) is 4.49. The lowest BCUT2D eigenvalue weighted by Gasteiger charge is -2.31. The molecule has 0 spiro atoms. The summed E-state index contributed by atoms with van der Waals surface area (Å²) in [5.74, 6) is 0.0910. The van der Waals surface area contributed by atoms with Gasteiger partial charge in [-0.15, -0.1) is 0 Å². The number of rotatable bonds is 5. The third-order valence-corrected chi connectivity index (χ3v) is 5.97. The number of carbonyl (C=O) groups is 1. The number of hydrogen-bond donors (Lipinski definition) is 1. The highest BCUT2D eigenvalue weighted by Crippen LogP contribution is 2.36. The summed E-state index contributed by atoms with van der Waals surface area (Å²) in [6.45, 7) is 0.351. The summed E-state index contributed by atoms with van der Waals surface area (Å²) < 4.78 is 13.7. The molecule has 4 rings (SSSR count). The van der Waals surface area contributed by atoms with Crippen LogP contribution >= 0.6 is 0 Å². The van der Waals surface area contributed by atoms with Crippen LogP contribution in [-0.2, 0) is 22.7 Å². The summed E-state index contributed by atoms with van der Waals surface area (Å²) in [4.78, 5) is 27.1. The van der Waals surface area contributed by atoms with Crippen LogP contribution in [0, 0.1) is 17.7 Å². The predicted octanol–water partition coefficient (Wildman–Crippen LogP) is 3.36. The molecule has 1 N–H and O–H groups in total. The highest BCUT2D eigenvalue weighted by molar-refractivity contribution is 5.78. The summed E-state index contributed by atoms with van der Waals surface area (Å²) in [6.07, 6.45) is 9.90. The lowest BCUT2D eigenvalue weighted by atomic mass is 9.78. The zero-order valence-corrected chi connectivity index (χ0v) is 16.3. The second-order valence-electron chi connectivity index (χ2n) is 7.98. The minimum Gasteiger partial charge on any atom is -0.392 e. The van der Waals surface area contributed by atoms with Crippen molar-refractivity contribution in [2.24, 2.45) is 11.8 Å². The Hall–Kier alpha value is -2.38. The first-order valence-corrected chi connectivity index (χ1v) is 10.2. The first-order valence-electron chi connectivity index (χ1n) is 10.2. The number of nitrogens with zero attached hydrogens (tertiary/aromatic N) is 3. The van der Waals surface area contributed by atoms with Gasteiger partial charge in [0, 0.05) is 24.7 Å². The summed E-state index contributed by atoms with van der Waals surface area (Å²) in [5.41, 5.74) is 2.28. The number of benzene rings is 1. The molecule has 6 nitrogen and oxygen atoms in total. The van der Waals surface area contributed by atoms with Crippen molar-refractivity contribution >= 4 is 5.91 Å². The molecule has 1 saturated carbocycles. The van der Waals surface area contributed by atoms with Gasteiger partial charge in [0.15, 0.2) is 0 Å². The van der Waals surface area contributed by atoms with Crippen LogP contribution in [0.3, 0.4) is 0 Å². The Kier molecular flexibility index (Phi) is 6.16. The van der Waals surface area contributed by atoms with Crippen LogP contribution in [0.15, 0.2) is 36.8 Å². The van der Waals surface area contributed by atoms with E-state index in [1.807, 2.05) is 6.07 Å². The van der Waals surface area contributed by atoms with Gasteiger partial charge >= 0.3 is 0 Å². The van der Waals surface area contributed by atoms with E-state index in [9.17, 15) is 14.3 Å². The summed E-state index contributed by atoms with van der Waals surface area (Å²) in [7, 11) is 0. The number of hydrogen-bond acceptors (Lipinski definition) is 5. The van der Waals surface area contributed by atoms with Crippen LogP contribution in [0.4, 0.5) is 4.39 Å². The number of halogens is 1. The zero-order valence-electron chi connectivity index (χ0n) is 16.3. The van der Waals surface area contributed by atoms with Crippen LogP contribution in [0.25, 0.3) is 0 Å². The molecule has 29 heavy (non-hydrogen) atoms. The molecule has 7 heteroatoms. The van der Waals surface area contributed by atoms with Crippen molar-refractivity contribution in [2.45, 2.75) is 51.2 Å². The number of aromatic nitrogens is 2. The number of hydroxylamine groups is 2. The molecule has 2 aliphatic rings. The van der Waals surface area contributed by atoms with Gasteiger partial charge in [-0.3, -0.25) is 19.6 Å². The van der Waals surface area contributed by atoms with Crippen molar-refractivity contribution in [3.63, 3.8) is 0 Å². The SMILES string of the molecule is O=C([C@H]1CC[C@H](Cc2cc(F)cc(CO)c2)CC1)N1OCC[C@H]1c1cnccn1. The van der Waals surface area contributed by atoms with Crippen molar-refractivity contribution in [1.29, 1.82) is 0 Å². The highest BCUT2D eigenvalue weighted by Gasteiger charge is 2.37. The Labute approximate surface area is 169 Å². The number of aliphatic hydroxyl groups excluding tert-OH is 1. The molecule has 1 aliphatic carbocycles. The molecule has 2 heterocycles. The Morgan fingerprint density at radius 2 is 1.93 bits per heavy atom. The topological polar surface area (TPSA) is 75.5 Å². The normalized spacial score (nSPS) is 24.6. The van der Waals surface area contributed by atoms with E-state index in [0.717, 1.165) is 49.8 Å². The standard InChI is InChI=1S/C22H26FN3O3/c23-19-11-16(10-17(12-19)14-27)9-15-1-3-18(4-2-15)22(28)26-21(5-8-29-26)20-13-24-6-7-25-20/h6-7,10-13,15,18,21,27H,1-5,8-9,14H2/t15-,18-,21-/m0/s1. The molecule has 0 bridgehead atoms. The molecule has 2 aromatic rings. The van der Waals surface area contributed by atoms with E-state index in [-0.39, 0.29) is 30.3 Å². The van der Waals surface area contributed by atoms with Gasteiger partial charge in [-0.25, -0.2) is 9.45 Å². The Bertz CT molecular complexity index is 840. The van der Waals surface area contributed by atoms with Gasteiger partial charge < -0.3 is 5.11 Å². The van der Waals surface area contributed by atoms with Crippen molar-refractivity contribution in [1.82, 2.24) is 15.0 Å². The van der Waals surface area contributed by atoms with Gasteiger partial charge in [-0.1, -0.05) is 6.07 Å². The maximum Gasteiger partial charge on any atom is 0.249 e. The lowest BCUT2D eigenvalue weighted by molar-refractivity contribution is -0.183. The molecular weight excluding hydrogens is 373 g/mol. The molecule has 1 saturated heterocycles. The summed E-state index contributed by atoms with van der Waals surface area (Å²) in [5, 5.41) is 10.8. The van der Waals surface area contributed by atoms with E-state index >= 15 is 0 Å². The average molecular weight is 399 g/mol. The Morgan fingerprint density at radius 1 is 1.14 bits per heavy atom. The van der Waals surface area contributed by atoms with Crippen molar-refractivity contribution in [3.05, 3.63) is 59.4 Å². The van der Waals surface area contributed by atoms with E-state index < -0.39 is 0 Å². The van der Waals surface area contributed by atoms with E-state index in [1.165, 1.54) is 11.1 Å². The molecule has 154 valence electrons. The summed E-state index contributed by atoms with van der Waals surface area (Å²) in [6, 6.07) is 4.60. The van der Waals surface area contributed by atoms with Crippen LogP contribution in [0.5, 0.6) is 0 Å². The Balaban J connectivity index is 1.34. The van der Waals surface area contributed by atoms with Gasteiger partial charge in [0.25, 0.3) is 0 Å². The number of aliphatic hydroxyl groups is 1. The largest absolute Gasteiger partial charge is 0.392 e. The average Bonchev–Trinajstić information content (AvgIpc) is 3.24. The Morgan fingerprint density at radius 3 is 2.66 bits per heavy atom. The molecule has 1 aromatic heterocycles.